The lowest BCUT2D eigenvalue weighted by Gasteiger charge is -2.24. The van der Waals surface area contributed by atoms with Crippen LogP contribution in [0.5, 0.6) is 0 Å². The molecule has 12 heavy (non-hydrogen) atoms. The summed E-state index contributed by atoms with van der Waals surface area (Å²) in [6, 6.07) is 0. The predicted molar refractivity (Wildman–Crippen MR) is 43.6 cm³/mol. The Morgan fingerprint density at radius 2 is 1.92 bits per heavy atom. The zero-order valence-electron chi connectivity index (χ0n) is 7.55. The Morgan fingerprint density at radius 1 is 1.25 bits per heavy atom. The van der Waals surface area contributed by atoms with Gasteiger partial charge in [0.1, 0.15) is 5.78 Å². The molecule has 1 fully saturated rings. The van der Waals surface area contributed by atoms with Gasteiger partial charge in [0.05, 0.1) is 6.61 Å². The molecule has 1 saturated heterocycles. The molecule has 68 valence electrons. The lowest BCUT2D eigenvalue weighted by molar-refractivity contribution is -0.148. The van der Waals surface area contributed by atoms with Crippen LogP contribution in [0.4, 0.5) is 0 Å². The van der Waals surface area contributed by atoms with Gasteiger partial charge in [-0.25, -0.2) is 0 Å². The van der Waals surface area contributed by atoms with Gasteiger partial charge in [-0.05, 0) is 6.42 Å². The smallest absolute Gasteiger partial charge is 0.305 e. The van der Waals surface area contributed by atoms with Gasteiger partial charge in [-0.3, -0.25) is 9.59 Å². The van der Waals surface area contributed by atoms with Gasteiger partial charge in [0.25, 0.3) is 0 Å². The highest BCUT2D eigenvalue weighted by atomic mass is 16.5. The Morgan fingerprint density at radius 3 is 2.58 bits per heavy atom. The molecule has 1 aliphatic heterocycles. The standard InChI is InChI=1S/C9H14O3/c1-9(2)5-3-8(11)12-6-4-7(9)10/h3-6H2,1-2H3. The number of Topliss-reactive ketones (excluding diaryl/α,β-unsaturated/α-hetero) is 1. The first-order valence-electron chi connectivity index (χ1n) is 4.21. The largest absolute Gasteiger partial charge is 0.465 e. The maximum absolute atomic E-state index is 11.4. The topological polar surface area (TPSA) is 43.4 Å². The zero-order valence-corrected chi connectivity index (χ0v) is 7.55. The van der Waals surface area contributed by atoms with Gasteiger partial charge in [0, 0.05) is 18.3 Å². The molecule has 0 aliphatic carbocycles. The summed E-state index contributed by atoms with van der Waals surface area (Å²) in [6.07, 6.45) is 1.32. The molecule has 0 N–H and O–H groups in total. The van der Waals surface area contributed by atoms with Crippen molar-refractivity contribution in [2.24, 2.45) is 5.41 Å². The lowest BCUT2D eigenvalue weighted by Crippen LogP contribution is -2.29. The van der Waals surface area contributed by atoms with E-state index < -0.39 is 0 Å². The molecule has 0 saturated carbocycles. The Bertz CT molecular complexity index is 206. The molecule has 1 rings (SSSR count). The predicted octanol–water partition coefficient (Wildman–Crippen LogP) is 1.31. The van der Waals surface area contributed by atoms with Crippen molar-refractivity contribution in [1.29, 1.82) is 0 Å². The van der Waals surface area contributed by atoms with Gasteiger partial charge >= 0.3 is 5.97 Å². The summed E-state index contributed by atoms with van der Waals surface area (Å²) in [4.78, 5) is 22.3. The number of esters is 1. The molecule has 0 spiro atoms. The van der Waals surface area contributed by atoms with Crippen LogP contribution < -0.4 is 0 Å². The van der Waals surface area contributed by atoms with E-state index in [1.807, 2.05) is 13.8 Å². The first-order valence-corrected chi connectivity index (χ1v) is 4.21. The van der Waals surface area contributed by atoms with Crippen molar-refractivity contribution in [1.82, 2.24) is 0 Å². The van der Waals surface area contributed by atoms with Crippen molar-refractivity contribution in [2.75, 3.05) is 6.61 Å². The van der Waals surface area contributed by atoms with Crippen LogP contribution in [0.15, 0.2) is 0 Å². The molecule has 0 amide bonds. The van der Waals surface area contributed by atoms with Crippen molar-refractivity contribution in [3.63, 3.8) is 0 Å². The Labute approximate surface area is 72.1 Å². The lowest BCUT2D eigenvalue weighted by atomic mass is 9.81. The van der Waals surface area contributed by atoms with E-state index in [0.717, 1.165) is 0 Å². The van der Waals surface area contributed by atoms with E-state index in [2.05, 4.69) is 0 Å². The van der Waals surface area contributed by atoms with Gasteiger partial charge < -0.3 is 4.74 Å². The summed E-state index contributed by atoms with van der Waals surface area (Å²) < 4.78 is 4.79. The molecule has 0 unspecified atom stereocenters. The van der Waals surface area contributed by atoms with Gasteiger partial charge in [-0.2, -0.15) is 0 Å². The van der Waals surface area contributed by atoms with E-state index in [1.54, 1.807) is 0 Å². The minimum absolute atomic E-state index is 0.185. The first kappa shape index (κ1) is 9.23. The highest BCUT2D eigenvalue weighted by molar-refractivity contribution is 5.85. The monoisotopic (exact) mass is 170 g/mol. The van der Waals surface area contributed by atoms with Crippen LogP contribution in [0.3, 0.4) is 0 Å². The highest BCUT2D eigenvalue weighted by Crippen LogP contribution is 2.26. The number of cyclic esters (lactones) is 1. The third-order valence-electron chi connectivity index (χ3n) is 2.30. The van der Waals surface area contributed by atoms with E-state index in [9.17, 15) is 9.59 Å². The first-order chi connectivity index (χ1) is 5.52. The van der Waals surface area contributed by atoms with Gasteiger partial charge in [0.2, 0.25) is 0 Å². The average Bonchev–Trinajstić information content (AvgIpc) is 1.99. The van der Waals surface area contributed by atoms with Gasteiger partial charge in [0.15, 0.2) is 0 Å². The number of carbonyl (C=O) groups is 2. The summed E-state index contributed by atoms with van der Waals surface area (Å²) in [7, 11) is 0. The number of ether oxygens (including phenoxy) is 1. The van der Waals surface area contributed by atoms with Crippen LogP contribution in [0.2, 0.25) is 0 Å². The molecular formula is C9H14O3. The Balaban J connectivity index is 2.64. The summed E-state index contributed by atoms with van der Waals surface area (Å²) in [5.41, 5.74) is -0.348. The molecule has 1 heterocycles. The van der Waals surface area contributed by atoms with Crippen LogP contribution in [-0.2, 0) is 14.3 Å². The quantitative estimate of drug-likeness (QED) is 0.515. The number of ketones is 1. The minimum atomic E-state index is -0.348. The molecule has 1 aliphatic rings. The zero-order chi connectivity index (χ0) is 9.19. The average molecular weight is 170 g/mol. The summed E-state index contributed by atoms with van der Waals surface area (Å²) >= 11 is 0. The van der Waals surface area contributed by atoms with Crippen LogP contribution in [0.1, 0.15) is 33.1 Å². The molecule has 0 atom stereocenters. The molecular weight excluding hydrogens is 156 g/mol. The highest BCUT2D eigenvalue weighted by Gasteiger charge is 2.29. The van der Waals surface area contributed by atoms with Crippen molar-refractivity contribution in [3.8, 4) is 0 Å². The number of hydrogen-bond donors (Lipinski definition) is 0. The molecule has 3 nitrogen and oxygen atoms in total. The second-order valence-electron chi connectivity index (χ2n) is 3.78. The maximum Gasteiger partial charge on any atom is 0.305 e. The third-order valence-corrected chi connectivity index (χ3v) is 2.30. The van der Waals surface area contributed by atoms with Crippen molar-refractivity contribution in [3.05, 3.63) is 0 Å². The fourth-order valence-corrected chi connectivity index (χ4v) is 1.22. The minimum Gasteiger partial charge on any atom is -0.465 e. The van der Waals surface area contributed by atoms with E-state index in [1.165, 1.54) is 0 Å². The fraction of sp³-hybridized carbons (Fsp3) is 0.778. The van der Waals surface area contributed by atoms with Crippen LogP contribution in [0.25, 0.3) is 0 Å². The van der Waals surface area contributed by atoms with Gasteiger partial charge in [-0.15, -0.1) is 0 Å². The van der Waals surface area contributed by atoms with Crippen LogP contribution in [0, 0.1) is 5.41 Å². The van der Waals surface area contributed by atoms with Crippen LogP contribution >= 0.6 is 0 Å². The summed E-state index contributed by atoms with van der Waals surface area (Å²) in [6.45, 7) is 4.02. The van der Waals surface area contributed by atoms with E-state index in [-0.39, 0.29) is 23.8 Å². The van der Waals surface area contributed by atoms with E-state index in [0.29, 0.717) is 19.3 Å². The number of carbonyl (C=O) groups excluding carboxylic acids is 2. The number of hydrogen-bond acceptors (Lipinski definition) is 3. The molecule has 3 heteroatoms. The van der Waals surface area contributed by atoms with Crippen molar-refractivity contribution in [2.45, 2.75) is 33.1 Å². The van der Waals surface area contributed by atoms with Gasteiger partial charge in [-0.1, -0.05) is 13.8 Å². The second kappa shape index (κ2) is 3.25. The third kappa shape index (κ3) is 2.06. The Hall–Kier alpha value is -0.860. The Kier molecular flexibility index (Phi) is 2.50. The molecule has 0 radical (unpaired) electrons. The normalized spacial score (nSPS) is 24.2. The fourth-order valence-electron chi connectivity index (χ4n) is 1.22. The number of rotatable bonds is 0. The molecule has 0 bridgehead atoms. The van der Waals surface area contributed by atoms with E-state index in [4.69, 9.17) is 4.74 Å². The summed E-state index contributed by atoms with van der Waals surface area (Å²) in [5.74, 6) is 0.00516. The SMILES string of the molecule is CC1(C)CCC(=O)OCCC1=O. The maximum atomic E-state index is 11.4. The van der Waals surface area contributed by atoms with E-state index >= 15 is 0 Å². The molecule has 0 aromatic carbocycles. The summed E-state index contributed by atoms with van der Waals surface area (Å²) in [5, 5.41) is 0. The second-order valence-corrected chi connectivity index (χ2v) is 3.78. The van der Waals surface area contributed by atoms with Crippen molar-refractivity contribution >= 4 is 11.8 Å². The van der Waals surface area contributed by atoms with Crippen molar-refractivity contribution < 1.29 is 14.3 Å². The molecule has 0 aromatic heterocycles. The molecule has 0 aromatic rings. The van der Waals surface area contributed by atoms with Crippen LogP contribution in [-0.4, -0.2) is 18.4 Å².